The van der Waals surface area contributed by atoms with Crippen LogP contribution in [-0.4, -0.2) is 125 Å². The number of nitrogens with zero attached hydrogens (tertiary/aromatic N) is 4. The summed E-state index contributed by atoms with van der Waals surface area (Å²) < 4.78 is 82.3. The highest BCUT2D eigenvalue weighted by Crippen LogP contribution is 2.71. The molecule has 3 aromatic heterocycles. The van der Waals surface area contributed by atoms with Crippen molar-refractivity contribution in [2.24, 2.45) is 5.73 Å². The number of nitrogens with one attached hydrogen (secondary N) is 2. The quantitative estimate of drug-likeness (QED) is 0.0609. The van der Waals surface area contributed by atoms with E-state index in [2.05, 4.69) is 36.9 Å². The van der Waals surface area contributed by atoms with Crippen LogP contribution in [0.4, 0.5) is 5.95 Å². The predicted molar refractivity (Wildman–Crippen MR) is 178 cm³/mol. The van der Waals surface area contributed by atoms with Gasteiger partial charge in [-0.05, 0) is 0 Å². The van der Waals surface area contributed by atoms with Crippen LogP contribution in [0.2, 0.25) is 0 Å². The van der Waals surface area contributed by atoms with E-state index < -0.39 is 110 Å². The number of ether oxygens (including phenoxy) is 2. The second-order valence-corrected chi connectivity index (χ2v) is 17.7. The van der Waals surface area contributed by atoms with E-state index in [1.54, 1.807) is 0 Å². The molecule has 3 aromatic rings. The van der Waals surface area contributed by atoms with Crippen molar-refractivity contribution in [1.29, 1.82) is 0 Å². The van der Waals surface area contributed by atoms with Gasteiger partial charge in [-0.3, -0.25) is 37.7 Å². The normalized spacial score (nSPS) is 29.9. The Morgan fingerprint density at radius 2 is 1.27 bits per heavy atom. The van der Waals surface area contributed by atoms with Crippen LogP contribution in [0.25, 0.3) is 17.2 Å². The predicted octanol–water partition coefficient (Wildman–Crippen LogP) is -4.05. The van der Waals surface area contributed by atoms with Gasteiger partial charge < -0.3 is 60.9 Å². The van der Waals surface area contributed by atoms with E-state index in [1.807, 2.05) is 4.98 Å². The molecule has 14 N–H and O–H groups in total. The van der Waals surface area contributed by atoms with Crippen molar-refractivity contribution in [1.82, 2.24) is 29.1 Å². The molecule has 34 heteroatoms. The first kappa shape index (κ1) is 44.0. The van der Waals surface area contributed by atoms with E-state index >= 15 is 0 Å². The first-order chi connectivity index (χ1) is 25.9. The Labute approximate surface area is 308 Å². The number of fused-ring (bicyclic) bond motifs is 1. The Bertz CT molecular complexity index is 2350. The van der Waals surface area contributed by atoms with Crippen molar-refractivity contribution in [3.05, 3.63) is 55.4 Å². The number of nitrogens with two attached hydrogens (primary N) is 2. The van der Waals surface area contributed by atoms with Crippen molar-refractivity contribution >= 4 is 54.5 Å². The molecule has 0 aliphatic carbocycles. The molecule has 0 bridgehead atoms. The molecule has 2 aliphatic rings. The minimum absolute atomic E-state index is 0.0118. The molecular weight excluding hydrogens is 852 g/mol. The maximum Gasteiger partial charge on any atom is 0.490 e. The van der Waals surface area contributed by atoms with Crippen molar-refractivity contribution in [2.45, 2.75) is 49.1 Å². The topological polar surface area (TPSA) is 465 Å². The largest absolute Gasteiger partial charge is 0.490 e. The number of hydrogen-bond acceptors (Lipinski definition) is 22. The van der Waals surface area contributed by atoms with Crippen LogP contribution in [0.1, 0.15) is 18.0 Å². The summed E-state index contributed by atoms with van der Waals surface area (Å²) in [4.78, 5) is 87.8. The third-order valence-electron chi connectivity index (χ3n) is 7.53. The number of phosphoric acid groups is 4. The number of nitrogen functional groups attached to an aromatic ring is 1. The molecule has 0 radical (unpaired) electrons. The summed E-state index contributed by atoms with van der Waals surface area (Å²) in [6.45, 7) is -2.41. The van der Waals surface area contributed by atoms with E-state index in [9.17, 15) is 72.6 Å². The van der Waals surface area contributed by atoms with Crippen LogP contribution in [0.15, 0.2) is 33.0 Å². The number of anilines is 1. The second-order valence-electron chi connectivity index (χ2n) is 11.5. The highest BCUT2D eigenvalue weighted by Gasteiger charge is 2.50. The summed E-state index contributed by atoms with van der Waals surface area (Å²) in [7, 11) is -24.3. The summed E-state index contributed by atoms with van der Waals surface area (Å²) in [5, 5.41) is 41.7. The average molecular weight is 884 g/mol. The molecule has 312 valence electrons. The van der Waals surface area contributed by atoms with Crippen molar-refractivity contribution in [3.63, 3.8) is 0 Å². The lowest BCUT2D eigenvalue weighted by atomic mass is 10.1. The lowest BCUT2D eigenvalue weighted by Gasteiger charge is -2.21. The lowest BCUT2D eigenvalue weighted by Crippen LogP contribution is -2.38. The number of aliphatic hydroxyl groups is 4. The third-order valence-corrected chi connectivity index (χ3v) is 13.4. The summed E-state index contributed by atoms with van der Waals surface area (Å²) in [6, 6.07) is 0. The average Bonchev–Trinajstić information content (AvgIpc) is 3.70. The highest BCUT2D eigenvalue weighted by molar-refractivity contribution is 7.69. The first-order valence-corrected chi connectivity index (χ1v) is 21.1. The molecule has 12 atom stereocenters. The van der Waals surface area contributed by atoms with Crippen LogP contribution < -0.4 is 28.3 Å². The minimum Gasteiger partial charge on any atom is -0.387 e. The number of aliphatic hydroxyl groups excluding tert-OH is 4. The molecule has 5 heterocycles. The number of imidazole rings is 1. The van der Waals surface area contributed by atoms with Crippen molar-refractivity contribution < 1.29 is 89.7 Å². The fourth-order valence-corrected chi connectivity index (χ4v) is 10.1. The lowest BCUT2D eigenvalue weighted by molar-refractivity contribution is -0.0542. The van der Waals surface area contributed by atoms with Crippen LogP contribution in [0, 0.1) is 0 Å². The van der Waals surface area contributed by atoms with Crippen molar-refractivity contribution in [3.8, 4) is 0 Å². The van der Waals surface area contributed by atoms with Gasteiger partial charge >= 0.3 is 37.0 Å². The van der Waals surface area contributed by atoms with Gasteiger partial charge in [0.2, 0.25) is 5.95 Å². The maximum absolute atomic E-state index is 12.4. The molecule has 2 fully saturated rings. The molecule has 7 unspecified atom stereocenters. The number of phosphoric ester groups is 2. The summed E-state index contributed by atoms with van der Waals surface area (Å²) >= 11 is 0. The number of H-pyrrole nitrogens is 2. The van der Waals surface area contributed by atoms with E-state index in [4.69, 9.17) is 20.9 Å². The molecule has 30 nitrogen and oxygen atoms in total. The van der Waals surface area contributed by atoms with E-state index in [1.165, 1.54) is 12.2 Å². The van der Waals surface area contributed by atoms with E-state index in [0.29, 0.717) is 4.57 Å². The Balaban J connectivity index is 1.15. The standard InChI is InChI=1S/C22H32N8O22P4/c23-3-1-2-8-4-29(22(37)28-17(8)35)19-14(33)12(31)9(48-19)5-46-53(38,39)50-55(42,43)52-56(44,45)51-54(40,41)47-6-10-13(32)15(34)20(49-10)30-7-25-11-16(30)26-21(24)27-18(11)36/h1-2,4,7,9-10,12-15,19-20,31-34H,3,5-6,23H2,(H,38,39)(H,40,41)(H,42,43)(H,44,45)(H,28,35,37)(H3,24,26,27,36)/b2-1+/t9-,10-,12+,13?,14?,15?,19-,20-/m0/s1. The molecule has 2 aliphatic heterocycles. The first-order valence-electron chi connectivity index (χ1n) is 15.1. The zero-order chi connectivity index (χ0) is 41.5. The number of aromatic amines is 2. The number of hydrogen-bond donors (Lipinski definition) is 12. The monoisotopic (exact) mass is 884 g/mol. The van der Waals surface area contributed by atoms with Gasteiger partial charge in [0.1, 0.15) is 36.6 Å². The van der Waals surface area contributed by atoms with Gasteiger partial charge in [0.15, 0.2) is 23.6 Å². The number of rotatable bonds is 16. The van der Waals surface area contributed by atoms with Gasteiger partial charge in [-0.1, -0.05) is 12.2 Å². The SMILES string of the molecule is NC/C=C/c1cn([C@H]2O[C@@H](COP(=O)(O)OP(=O)(O)OP(=O)(O)OP(=O)(O)OC[C@@H]3O[C@H](n4cnc5c(=O)[nH]c(N)nc54)C(O)C3O)[C@@H](O)C2O)c(=O)[nH]c1=O. The Hall–Kier alpha value is -3.15. The van der Waals surface area contributed by atoms with E-state index in [-0.39, 0.29) is 29.2 Å². The minimum atomic E-state index is -6.27. The number of aromatic nitrogens is 6. The molecule has 0 aromatic carbocycles. The van der Waals surface area contributed by atoms with Gasteiger partial charge in [-0.2, -0.15) is 17.9 Å². The molecule has 56 heavy (non-hydrogen) atoms. The summed E-state index contributed by atoms with van der Waals surface area (Å²) in [6.07, 6.45) is -9.87. The molecule has 0 amide bonds. The molecule has 2 saturated heterocycles. The molecule has 0 spiro atoms. The van der Waals surface area contributed by atoms with Gasteiger partial charge in [0.05, 0.1) is 25.1 Å². The zero-order valence-corrected chi connectivity index (χ0v) is 31.2. The van der Waals surface area contributed by atoms with E-state index in [0.717, 1.165) is 17.1 Å². The molecular formula is C22H32N8O22P4. The van der Waals surface area contributed by atoms with Crippen LogP contribution in [0.5, 0.6) is 0 Å². The molecule has 5 rings (SSSR count). The summed E-state index contributed by atoms with van der Waals surface area (Å²) in [5.41, 5.74) is 7.59. The van der Waals surface area contributed by atoms with Gasteiger partial charge in [0.25, 0.3) is 11.1 Å². The second kappa shape index (κ2) is 16.6. The Morgan fingerprint density at radius 3 is 1.79 bits per heavy atom. The van der Waals surface area contributed by atoms with Crippen LogP contribution in [-0.2, 0) is 49.7 Å². The maximum atomic E-state index is 12.4. The highest BCUT2D eigenvalue weighted by atomic mass is 31.3. The van der Waals surface area contributed by atoms with Crippen LogP contribution >= 0.6 is 31.3 Å². The van der Waals surface area contributed by atoms with Gasteiger partial charge in [-0.15, -0.1) is 0 Å². The van der Waals surface area contributed by atoms with Crippen molar-refractivity contribution in [2.75, 3.05) is 25.5 Å². The Morgan fingerprint density at radius 1 is 0.768 bits per heavy atom. The summed E-state index contributed by atoms with van der Waals surface area (Å²) in [5.74, 6) is -0.345. The fourth-order valence-electron chi connectivity index (χ4n) is 5.13. The van der Waals surface area contributed by atoms with Gasteiger partial charge in [0, 0.05) is 12.7 Å². The van der Waals surface area contributed by atoms with Gasteiger partial charge in [-0.25, -0.2) is 28.0 Å². The fraction of sp³-hybridized carbons (Fsp3) is 0.500. The smallest absolute Gasteiger partial charge is 0.387 e. The molecule has 0 saturated carbocycles. The third kappa shape index (κ3) is 10.1. The van der Waals surface area contributed by atoms with Crippen LogP contribution in [0.3, 0.4) is 0 Å². The zero-order valence-electron chi connectivity index (χ0n) is 27.6. The Kier molecular flexibility index (Phi) is 13.0.